The third-order valence-corrected chi connectivity index (χ3v) is 6.02. The standard InChI is InChI=1S/C20H22N4O2S2/c1-13-8-10-16(11-9-13)22-19-23-24-20(28-19)27-14(2)18(25)21-12-15-6-4-5-7-17(15)26-3/h4-11,14H,12H2,1-3H3,(H,21,25)(H,22,23). The molecule has 0 radical (unpaired) electrons. The molecular formula is C20H22N4O2S2. The van der Waals surface area contributed by atoms with Gasteiger partial charge < -0.3 is 15.4 Å². The molecule has 2 aromatic carbocycles. The van der Waals surface area contributed by atoms with E-state index < -0.39 is 0 Å². The number of aromatic nitrogens is 2. The molecule has 0 aliphatic carbocycles. The summed E-state index contributed by atoms with van der Waals surface area (Å²) in [6, 6.07) is 15.7. The molecule has 6 nitrogen and oxygen atoms in total. The molecule has 146 valence electrons. The number of nitrogens with zero attached hydrogens (tertiary/aromatic N) is 2. The van der Waals surface area contributed by atoms with Crippen LogP contribution in [0.15, 0.2) is 52.9 Å². The second-order valence-corrected chi connectivity index (χ2v) is 8.72. The minimum absolute atomic E-state index is 0.0563. The summed E-state index contributed by atoms with van der Waals surface area (Å²) in [5.74, 6) is 0.707. The average Bonchev–Trinajstić information content (AvgIpc) is 3.14. The van der Waals surface area contributed by atoms with Crippen LogP contribution >= 0.6 is 23.1 Å². The van der Waals surface area contributed by atoms with Crippen molar-refractivity contribution < 1.29 is 9.53 Å². The molecule has 0 bridgehead atoms. The van der Waals surface area contributed by atoms with Gasteiger partial charge in [0.2, 0.25) is 11.0 Å². The lowest BCUT2D eigenvalue weighted by molar-refractivity contribution is -0.120. The Bertz CT molecular complexity index is 928. The van der Waals surface area contributed by atoms with Crippen LogP contribution in [0.3, 0.4) is 0 Å². The van der Waals surface area contributed by atoms with Crippen molar-refractivity contribution in [2.75, 3.05) is 12.4 Å². The van der Waals surface area contributed by atoms with Crippen LogP contribution in [0.25, 0.3) is 0 Å². The summed E-state index contributed by atoms with van der Waals surface area (Å²) in [6.07, 6.45) is 0. The smallest absolute Gasteiger partial charge is 0.233 e. The monoisotopic (exact) mass is 414 g/mol. The Morgan fingerprint density at radius 3 is 2.68 bits per heavy atom. The fraction of sp³-hybridized carbons (Fsp3) is 0.250. The third kappa shape index (κ3) is 5.46. The zero-order valence-electron chi connectivity index (χ0n) is 15.9. The lowest BCUT2D eigenvalue weighted by Gasteiger charge is -2.12. The van der Waals surface area contributed by atoms with Crippen LogP contribution in [-0.2, 0) is 11.3 Å². The zero-order valence-corrected chi connectivity index (χ0v) is 17.6. The summed E-state index contributed by atoms with van der Waals surface area (Å²) in [5, 5.41) is 14.9. The van der Waals surface area contributed by atoms with Gasteiger partial charge in [-0.3, -0.25) is 4.79 Å². The van der Waals surface area contributed by atoms with Crippen molar-refractivity contribution in [1.82, 2.24) is 15.5 Å². The summed E-state index contributed by atoms with van der Waals surface area (Å²) in [4.78, 5) is 12.4. The van der Waals surface area contributed by atoms with Gasteiger partial charge in [0.05, 0.1) is 12.4 Å². The predicted molar refractivity (Wildman–Crippen MR) is 115 cm³/mol. The first-order valence-corrected chi connectivity index (χ1v) is 10.5. The van der Waals surface area contributed by atoms with Crippen LogP contribution in [0.5, 0.6) is 5.75 Å². The Balaban J connectivity index is 1.52. The lowest BCUT2D eigenvalue weighted by atomic mass is 10.2. The fourth-order valence-corrected chi connectivity index (χ4v) is 4.39. The Hall–Kier alpha value is -2.58. The maximum atomic E-state index is 12.4. The van der Waals surface area contributed by atoms with Crippen molar-refractivity contribution in [2.45, 2.75) is 30.0 Å². The molecular weight excluding hydrogens is 392 g/mol. The van der Waals surface area contributed by atoms with Gasteiger partial charge in [0.15, 0.2) is 4.34 Å². The van der Waals surface area contributed by atoms with Crippen molar-refractivity contribution >= 4 is 39.8 Å². The first kappa shape index (κ1) is 20.2. The molecule has 1 atom stereocenters. The van der Waals surface area contributed by atoms with Crippen molar-refractivity contribution in [2.24, 2.45) is 0 Å². The van der Waals surface area contributed by atoms with E-state index in [0.29, 0.717) is 11.7 Å². The van der Waals surface area contributed by atoms with Crippen LogP contribution in [0, 0.1) is 6.92 Å². The van der Waals surface area contributed by atoms with Crippen molar-refractivity contribution in [3.63, 3.8) is 0 Å². The number of amides is 1. The highest BCUT2D eigenvalue weighted by Crippen LogP contribution is 2.30. The first-order valence-electron chi connectivity index (χ1n) is 8.78. The van der Waals surface area contributed by atoms with Gasteiger partial charge in [0, 0.05) is 17.8 Å². The van der Waals surface area contributed by atoms with E-state index in [2.05, 4.69) is 20.8 Å². The predicted octanol–water partition coefficient (Wildman–Crippen LogP) is 4.40. The largest absolute Gasteiger partial charge is 0.496 e. The Kier molecular flexibility index (Phi) is 6.89. The van der Waals surface area contributed by atoms with Crippen molar-refractivity contribution in [1.29, 1.82) is 0 Å². The van der Waals surface area contributed by atoms with Crippen LogP contribution < -0.4 is 15.4 Å². The van der Waals surface area contributed by atoms with Gasteiger partial charge in [0.25, 0.3) is 0 Å². The van der Waals surface area contributed by atoms with Crippen LogP contribution in [0.2, 0.25) is 0 Å². The number of benzene rings is 2. The molecule has 1 heterocycles. The molecule has 1 aromatic heterocycles. The van der Waals surface area contributed by atoms with Gasteiger partial charge in [-0.1, -0.05) is 59.0 Å². The number of hydrogen-bond donors (Lipinski definition) is 2. The number of carbonyl (C=O) groups is 1. The van der Waals surface area contributed by atoms with Gasteiger partial charge in [-0.15, -0.1) is 10.2 Å². The average molecular weight is 415 g/mol. The number of carbonyl (C=O) groups excluding carboxylic acids is 1. The number of nitrogens with one attached hydrogen (secondary N) is 2. The van der Waals surface area contributed by atoms with E-state index in [0.717, 1.165) is 21.3 Å². The van der Waals surface area contributed by atoms with Crippen LogP contribution in [-0.4, -0.2) is 28.5 Å². The van der Waals surface area contributed by atoms with E-state index in [4.69, 9.17) is 4.74 Å². The molecule has 1 amide bonds. The highest BCUT2D eigenvalue weighted by Gasteiger charge is 2.17. The maximum absolute atomic E-state index is 12.4. The highest BCUT2D eigenvalue weighted by molar-refractivity contribution is 8.02. The normalized spacial score (nSPS) is 11.7. The number of hydrogen-bond acceptors (Lipinski definition) is 7. The van der Waals surface area contributed by atoms with Gasteiger partial charge in [0.1, 0.15) is 5.75 Å². The number of ether oxygens (including phenoxy) is 1. The molecule has 0 spiro atoms. The van der Waals surface area contributed by atoms with Gasteiger partial charge in [-0.05, 0) is 32.0 Å². The van der Waals surface area contributed by atoms with E-state index in [-0.39, 0.29) is 11.2 Å². The summed E-state index contributed by atoms with van der Waals surface area (Å²) in [7, 11) is 1.62. The number of thioether (sulfide) groups is 1. The maximum Gasteiger partial charge on any atom is 0.233 e. The molecule has 0 fully saturated rings. The van der Waals surface area contributed by atoms with Crippen molar-refractivity contribution in [3.8, 4) is 5.75 Å². The molecule has 28 heavy (non-hydrogen) atoms. The second-order valence-electron chi connectivity index (χ2n) is 6.15. The third-order valence-electron chi connectivity index (χ3n) is 4.00. The summed E-state index contributed by atoms with van der Waals surface area (Å²) in [6.45, 7) is 4.32. The zero-order chi connectivity index (χ0) is 19.9. The molecule has 0 aliphatic rings. The van der Waals surface area contributed by atoms with E-state index in [1.54, 1.807) is 7.11 Å². The topological polar surface area (TPSA) is 76.1 Å². The van der Waals surface area contributed by atoms with Crippen molar-refractivity contribution in [3.05, 3.63) is 59.7 Å². The van der Waals surface area contributed by atoms with E-state index in [9.17, 15) is 4.79 Å². The first-order chi connectivity index (χ1) is 13.5. The molecule has 1 unspecified atom stereocenters. The summed E-state index contributed by atoms with van der Waals surface area (Å²) < 4.78 is 6.06. The molecule has 2 N–H and O–H groups in total. The quantitative estimate of drug-likeness (QED) is 0.532. The number of para-hydroxylation sites is 1. The number of methoxy groups -OCH3 is 1. The van der Waals surface area contributed by atoms with Gasteiger partial charge in [-0.25, -0.2) is 0 Å². The molecule has 8 heteroatoms. The van der Waals surface area contributed by atoms with E-state index >= 15 is 0 Å². The van der Waals surface area contributed by atoms with E-state index in [1.165, 1.54) is 28.7 Å². The molecule has 3 rings (SSSR count). The molecule has 0 aliphatic heterocycles. The molecule has 0 saturated heterocycles. The van der Waals surface area contributed by atoms with E-state index in [1.807, 2.05) is 62.4 Å². The Morgan fingerprint density at radius 1 is 1.18 bits per heavy atom. The van der Waals surface area contributed by atoms with Crippen LogP contribution in [0.4, 0.5) is 10.8 Å². The second kappa shape index (κ2) is 9.57. The summed E-state index contributed by atoms with van der Waals surface area (Å²) >= 11 is 2.82. The SMILES string of the molecule is COc1ccccc1CNC(=O)C(C)Sc1nnc(Nc2ccc(C)cc2)s1. The Labute approximate surface area is 172 Å². The minimum atomic E-state index is -0.283. The summed E-state index contributed by atoms with van der Waals surface area (Å²) in [5.41, 5.74) is 3.10. The Morgan fingerprint density at radius 2 is 1.93 bits per heavy atom. The lowest BCUT2D eigenvalue weighted by Crippen LogP contribution is -2.30. The number of rotatable bonds is 8. The van der Waals surface area contributed by atoms with Gasteiger partial charge >= 0.3 is 0 Å². The number of aryl methyl sites for hydroxylation is 1. The minimum Gasteiger partial charge on any atom is -0.496 e. The number of anilines is 2. The van der Waals surface area contributed by atoms with Gasteiger partial charge in [-0.2, -0.15) is 0 Å². The van der Waals surface area contributed by atoms with Crippen LogP contribution in [0.1, 0.15) is 18.1 Å². The molecule has 3 aromatic rings. The molecule has 0 saturated carbocycles. The highest BCUT2D eigenvalue weighted by atomic mass is 32.2. The fourth-order valence-electron chi connectivity index (χ4n) is 2.45.